The van der Waals surface area contributed by atoms with Gasteiger partial charge in [-0.2, -0.15) is 0 Å². The molecule has 0 aliphatic heterocycles. The Morgan fingerprint density at radius 2 is 1.74 bits per heavy atom. The van der Waals surface area contributed by atoms with Crippen LogP contribution in [-0.4, -0.2) is 22.7 Å². The average molecular weight is 257 g/mol. The molecule has 0 radical (unpaired) electrons. The van der Waals surface area contributed by atoms with Gasteiger partial charge in [0.15, 0.2) is 0 Å². The van der Waals surface area contributed by atoms with Crippen molar-refractivity contribution >= 4 is 5.91 Å². The first-order chi connectivity index (χ1) is 9.15. The Kier molecular flexibility index (Phi) is 4.03. The number of carbonyl (C=O) groups is 1. The van der Waals surface area contributed by atoms with Crippen molar-refractivity contribution in [1.29, 1.82) is 0 Å². The Hall–Kier alpha value is -2.49. The van der Waals surface area contributed by atoms with Gasteiger partial charge in [0.25, 0.3) is 5.91 Å². The third-order valence-corrected chi connectivity index (χ3v) is 2.74. The summed E-state index contributed by atoms with van der Waals surface area (Å²) in [4.78, 5) is 11.8. The van der Waals surface area contributed by atoms with Crippen molar-refractivity contribution in [2.45, 2.75) is 6.42 Å². The van der Waals surface area contributed by atoms with Crippen LogP contribution >= 0.6 is 0 Å². The van der Waals surface area contributed by atoms with Crippen LogP contribution in [0.1, 0.15) is 15.9 Å². The van der Waals surface area contributed by atoms with Gasteiger partial charge in [0.05, 0.1) is 0 Å². The maximum absolute atomic E-state index is 11.8. The number of hydrogen-bond donors (Lipinski definition) is 3. The molecule has 0 aliphatic carbocycles. The number of phenolic OH excluding ortho intramolecular Hbond substituents is 2. The minimum absolute atomic E-state index is 0.135. The van der Waals surface area contributed by atoms with Crippen molar-refractivity contribution < 1.29 is 15.0 Å². The summed E-state index contributed by atoms with van der Waals surface area (Å²) in [5.41, 5.74) is 1.47. The fourth-order valence-corrected chi connectivity index (χ4v) is 1.75. The fraction of sp³-hybridized carbons (Fsp3) is 0.133. The molecular formula is C15H15NO3. The first-order valence-corrected chi connectivity index (χ1v) is 6.00. The smallest absolute Gasteiger partial charge is 0.251 e. The predicted octanol–water partition coefficient (Wildman–Crippen LogP) is 2.07. The van der Waals surface area contributed by atoms with Gasteiger partial charge in [0.2, 0.25) is 0 Å². The first-order valence-electron chi connectivity index (χ1n) is 6.00. The van der Waals surface area contributed by atoms with E-state index in [9.17, 15) is 9.90 Å². The summed E-state index contributed by atoms with van der Waals surface area (Å²) in [6, 6.07) is 13.0. The lowest BCUT2D eigenvalue weighted by Crippen LogP contribution is -2.25. The van der Waals surface area contributed by atoms with E-state index < -0.39 is 0 Å². The van der Waals surface area contributed by atoms with Gasteiger partial charge >= 0.3 is 0 Å². The second-order valence-electron chi connectivity index (χ2n) is 4.22. The van der Waals surface area contributed by atoms with Crippen LogP contribution in [0, 0.1) is 0 Å². The molecule has 4 nitrogen and oxygen atoms in total. The summed E-state index contributed by atoms with van der Waals surface area (Å²) in [5, 5.41) is 21.2. The van der Waals surface area contributed by atoms with E-state index in [1.165, 1.54) is 12.1 Å². The van der Waals surface area contributed by atoms with Crippen molar-refractivity contribution in [3.8, 4) is 11.5 Å². The molecule has 98 valence electrons. The molecule has 0 atom stereocenters. The Morgan fingerprint density at radius 1 is 1.00 bits per heavy atom. The summed E-state index contributed by atoms with van der Waals surface area (Å²) >= 11 is 0. The average Bonchev–Trinajstić information content (AvgIpc) is 2.39. The Bertz CT molecular complexity index is 564. The summed E-state index contributed by atoms with van der Waals surface area (Å²) in [6.45, 7) is 0.489. The highest BCUT2D eigenvalue weighted by Gasteiger charge is 2.04. The zero-order valence-electron chi connectivity index (χ0n) is 10.3. The maximum atomic E-state index is 11.8. The van der Waals surface area contributed by atoms with Gasteiger partial charge in [-0.3, -0.25) is 4.79 Å². The van der Waals surface area contributed by atoms with Gasteiger partial charge in [-0.15, -0.1) is 0 Å². The van der Waals surface area contributed by atoms with Crippen molar-refractivity contribution in [3.05, 3.63) is 59.7 Å². The molecular weight excluding hydrogens is 242 g/mol. The van der Waals surface area contributed by atoms with Crippen LogP contribution in [0.25, 0.3) is 0 Å². The Morgan fingerprint density at radius 3 is 2.42 bits per heavy atom. The molecule has 2 aromatic carbocycles. The van der Waals surface area contributed by atoms with Crippen LogP contribution in [0.5, 0.6) is 11.5 Å². The summed E-state index contributed by atoms with van der Waals surface area (Å²) < 4.78 is 0. The van der Waals surface area contributed by atoms with E-state index >= 15 is 0 Å². The summed E-state index contributed by atoms with van der Waals surface area (Å²) in [5.74, 6) is 0.179. The van der Waals surface area contributed by atoms with Gasteiger partial charge in [0.1, 0.15) is 11.5 Å². The van der Waals surface area contributed by atoms with E-state index in [0.717, 1.165) is 5.56 Å². The van der Waals surface area contributed by atoms with Gasteiger partial charge in [-0.25, -0.2) is 0 Å². The van der Waals surface area contributed by atoms with Crippen LogP contribution in [-0.2, 0) is 6.42 Å². The van der Waals surface area contributed by atoms with Crippen molar-refractivity contribution in [3.63, 3.8) is 0 Å². The summed E-state index contributed by atoms with van der Waals surface area (Å²) in [7, 11) is 0. The number of phenols is 2. The lowest BCUT2D eigenvalue weighted by molar-refractivity contribution is 0.0954. The SMILES string of the molecule is O=C(NCCc1cccc(O)c1)c1ccc(O)cc1. The number of nitrogens with one attached hydrogen (secondary N) is 1. The monoisotopic (exact) mass is 257 g/mol. The standard InChI is InChI=1S/C15H15NO3/c17-13-6-4-12(5-7-13)15(19)16-9-8-11-2-1-3-14(18)10-11/h1-7,10,17-18H,8-9H2,(H,16,19). The fourth-order valence-electron chi connectivity index (χ4n) is 1.75. The van der Waals surface area contributed by atoms with Gasteiger partial charge in [0, 0.05) is 12.1 Å². The highest BCUT2D eigenvalue weighted by molar-refractivity contribution is 5.94. The van der Waals surface area contributed by atoms with Gasteiger partial charge < -0.3 is 15.5 Å². The van der Waals surface area contributed by atoms with Gasteiger partial charge in [-0.05, 0) is 48.4 Å². The molecule has 0 aliphatic rings. The van der Waals surface area contributed by atoms with Crippen LogP contribution < -0.4 is 5.32 Å². The van der Waals surface area contributed by atoms with Crippen LogP contribution in [0.4, 0.5) is 0 Å². The number of benzene rings is 2. The molecule has 0 unspecified atom stereocenters. The predicted molar refractivity (Wildman–Crippen MR) is 72.3 cm³/mol. The van der Waals surface area contributed by atoms with E-state index in [4.69, 9.17) is 5.11 Å². The van der Waals surface area contributed by atoms with Crippen molar-refractivity contribution in [2.24, 2.45) is 0 Å². The molecule has 2 rings (SSSR count). The number of amides is 1. The largest absolute Gasteiger partial charge is 0.508 e. The molecule has 0 fully saturated rings. The zero-order valence-corrected chi connectivity index (χ0v) is 10.3. The van der Waals surface area contributed by atoms with Gasteiger partial charge in [-0.1, -0.05) is 12.1 Å². The lowest BCUT2D eigenvalue weighted by atomic mass is 10.1. The molecule has 4 heteroatoms. The highest BCUT2D eigenvalue weighted by Crippen LogP contribution is 2.11. The molecule has 2 aromatic rings. The Balaban J connectivity index is 1.86. The molecule has 0 heterocycles. The van der Waals surface area contributed by atoms with Crippen molar-refractivity contribution in [2.75, 3.05) is 6.54 Å². The highest BCUT2D eigenvalue weighted by atomic mass is 16.3. The third-order valence-electron chi connectivity index (χ3n) is 2.74. The quantitative estimate of drug-likeness (QED) is 0.785. The molecule has 0 saturated heterocycles. The Labute approximate surface area is 111 Å². The molecule has 0 aromatic heterocycles. The van der Waals surface area contributed by atoms with Crippen LogP contribution in [0.3, 0.4) is 0 Å². The van der Waals surface area contributed by atoms with E-state index in [1.54, 1.807) is 30.3 Å². The lowest BCUT2D eigenvalue weighted by Gasteiger charge is -2.06. The molecule has 19 heavy (non-hydrogen) atoms. The first kappa shape index (κ1) is 13.0. The second-order valence-corrected chi connectivity index (χ2v) is 4.22. The molecule has 3 N–H and O–H groups in total. The minimum Gasteiger partial charge on any atom is -0.508 e. The second kappa shape index (κ2) is 5.91. The molecule has 0 bridgehead atoms. The molecule has 0 spiro atoms. The number of carbonyl (C=O) groups excluding carboxylic acids is 1. The van der Waals surface area contributed by atoms with E-state index in [-0.39, 0.29) is 17.4 Å². The minimum atomic E-state index is -0.180. The molecule has 1 amide bonds. The van der Waals surface area contributed by atoms with Crippen LogP contribution in [0.15, 0.2) is 48.5 Å². The van der Waals surface area contributed by atoms with Crippen molar-refractivity contribution in [1.82, 2.24) is 5.32 Å². The summed E-state index contributed by atoms with van der Waals surface area (Å²) in [6.07, 6.45) is 0.651. The van der Waals surface area contributed by atoms with Crippen LogP contribution in [0.2, 0.25) is 0 Å². The van der Waals surface area contributed by atoms with E-state index in [0.29, 0.717) is 18.5 Å². The normalized spacial score (nSPS) is 10.1. The third kappa shape index (κ3) is 3.74. The molecule has 0 saturated carbocycles. The topological polar surface area (TPSA) is 69.6 Å². The zero-order chi connectivity index (χ0) is 13.7. The van der Waals surface area contributed by atoms with E-state index in [2.05, 4.69) is 5.32 Å². The number of hydrogen-bond acceptors (Lipinski definition) is 3. The number of aromatic hydroxyl groups is 2. The number of rotatable bonds is 4. The maximum Gasteiger partial charge on any atom is 0.251 e. The van der Waals surface area contributed by atoms with E-state index in [1.807, 2.05) is 6.07 Å².